The van der Waals surface area contributed by atoms with E-state index in [1.807, 2.05) is 13.1 Å². The van der Waals surface area contributed by atoms with E-state index in [2.05, 4.69) is 58.9 Å². The van der Waals surface area contributed by atoms with Crippen LogP contribution >= 0.6 is 0 Å². The van der Waals surface area contributed by atoms with Gasteiger partial charge in [0.1, 0.15) is 0 Å². The van der Waals surface area contributed by atoms with Crippen LogP contribution < -0.4 is 10.6 Å². The standard InChI is InChI=1S/C18H30N4O/c1-19-17(20-12-9-16-7-5-4-6-8-16)21-15-18(22(2)3)10-13-23-14-11-18/h4-8H,9-15H2,1-3H3,(H2,19,20,21). The van der Waals surface area contributed by atoms with E-state index in [4.69, 9.17) is 4.74 Å². The SMILES string of the molecule is CN=C(NCCc1ccccc1)NCC1(N(C)C)CCOCC1. The molecule has 1 fully saturated rings. The molecule has 1 saturated heterocycles. The highest BCUT2D eigenvalue weighted by Crippen LogP contribution is 2.24. The highest BCUT2D eigenvalue weighted by Gasteiger charge is 2.34. The van der Waals surface area contributed by atoms with Gasteiger partial charge in [0.2, 0.25) is 0 Å². The molecule has 5 heteroatoms. The summed E-state index contributed by atoms with van der Waals surface area (Å²) in [6.07, 6.45) is 3.09. The molecule has 0 unspecified atom stereocenters. The molecule has 1 aromatic carbocycles. The Balaban J connectivity index is 1.80. The lowest BCUT2D eigenvalue weighted by molar-refractivity contribution is -0.00500. The Hall–Kier alpha value is -1.59. The van der Waals surface area contributed by atoms with Crippen molar-refractivity contribution in [1.82, 2.24) is 15.5 Å². The molecular weight excluding hydrogens is 288 g/mol. The highest BCUT2D eigenvalue weighted by molar-refractivity contribution is 5.79. The van der Waals surface area contributed by atoms with Crippen molar-refractivity contribution in [1.29, 1.82) is 0 Å². The van der Waals surface area contributed by atoms with Crippen LogP contribution in [0.4, 0.5) is 0 Å². The predicted molar refractivity (Wildman–Crippen MR) is 96.0 cm³/mol. The second kappa shape index (κ2) is 8.89. The summed E-state index contributed by atoms with van der Waals surface area (Å²) in [6, 6.07) is 10.5. The molecule has 1 aliphatic heterocycles. The number of benzene rings is 1. The summed E-state index contributed by atoms with van der Waals surface area (Å²) in [5.41, 5.74) is 1.49. The fourth-order valence-corrected chi connectivity index (χ4v) is 2.97. The molecule has 0 radical (unpaired) electrons. The first-order valence-corrected chi connectivity index (χ1v) is 8.40. The summed E-state index contributed by atoms with van der Waals surface area (Å²) in [5.74, 6) is 0.869. The summed E-state index contributed by atoms with van der Waals surface area (Å²) >= 11 is 0. The third-order valence-corrected chi connectivity index (χ3v) is 4.73. The fourth-order valence-electron chi connectivity index (χ4n) is 2.97. The van der Waals surface area contributed by atoms with Gasteiger partial charge in [-0.15, -0.1) is 0 Å². The van der Waals surface area contributed by atoms with Crippen molar-refractivity contribution in [3.8, 4) is 0 Å². The van der Waals surface area contributed by atoms with E-state index in [1.165, 1.54) is 5.56 Å². The van der Waals surface area contributed by atoms with Gasteiger partial charge in [-0.3, -0.25) is 4.99 Å². The van der Waals surface area contributed by atoms with Gasteiger partial charge in [-0.25, -0.2) is 0 Å². The van der Waals surface area contributed by atoms with Crippen LogP contribution in [0.3, 0.4) is 0 Å². The lowest BCUT2D eigenvalue weighted by Gasteiger charge is -2.43. The van der Waals surface area contributed by atoms with Crippen molar-refractivity contribution in [2.75, 3.05) is 47.4 Å². The molecule has 23 heavy (non-hydrogen) atoms. The van der Waals surface area contributed by atoms with Crippen LogP contribution in [-0.2, 0) is 11.2 Å². The Labute approximate surface area is 140 Å². The Morgan fingerprint density at radius 2 is 1.87 bits per heavy atom. The fraction of sp³-hybridized carbons (Fsp3) is 0.611. The Morgan fingerprint density at radius 1 is 1.17 bits per heavy atom. The van der Waals surface area contributed by atoms with Gasteiger partial charge in [-0.05, 0) is 38.9 Å². The van der Waals surface area contributed by atoms with Gasteiger partial charge in [-0.2, -0.15) is 0 Å². The van der Waals surface area contributed by atoms with Crippen LogP contribution in [0.15, 0.2) is 35.3 Å². The molecule has 1 heterocycles. The molecule has 0 spiro atoms. The monoisotopic (exact) mass is 318 g/mol. The molecule has 0 amide bonds. The molecule has 0 bridgehead atoms. The number of guanidine groups is 1. The van der Waals surface area contributed by atoms with Gasteiger partial charge in [0, 0.05) is 38.9 Å². The largest absolute Gasteiger partial charge is 0.381 e. The maximum Gasteiger partial charge on any atom is 0.191 e. The molecule has 2 rings (SSSR count). The van der Waals surface area contributed by atoms with Crippen molar-refractivity contribution in [3.05, 3.63) is 35.9 Å². The summed E-state index contributed by atoms with van der Waals surface area (Å²) in [6.45, 7) is 3.43. The smallest absolute Gasteiger partial charge is 0.191 e. The molecular formula is C18H30N4O. The number of hydrogen-bond donors (Lipinski definition) is 2. The quantitative estimate of drug-likeness (QED) is 0.616. The minimum atomic E-state index is 0.148. The van der Waals surface area contributed by atoms with Crippen LogP contribution in [0.5, 0.6) is 0 Å². The van der Waals surface area contributed by atoms with Crippen molar-refractivity contribution in [2.45, 2.75) is 24.8 Å². The van der Waals surface area contributed by atoms with Crippen LogP contribution in [-0.4, -0.2) is 63.8 Å². The summed E-state index contributed by atoms with van der Waals surface area (Å²) < 4.78 is 5.52. The molecule has 5 nitrogen and oxygen atoms in total. The normalized spacial score (nSPS) is 18.0. The number of hydrogen-bond acceptors (Lipinski definition) is 3. The molecule has 0 saturated carbocycles. The third kappa shape index (κ3) is 5.22. The van der Waals surface area contributed by atoms with Crippen molar-refractivity contribution in [3.63, 3.8) is 0 Å². The average molecular weight is 318 g/mol. The Morgan fingerprint density at radius 3 is 2.48 bits per heavy atom. The topological polar surface area (TPSA) is 48.9 Å². The van der Waals surface area contributed by atoms with Gasteiger partial charge in [0.15, 0.2) is 5.96 Å². The molecule has 1 aliphatic rings. The predicted octanol–water partition coefficient (Wildman–Crippen LogP) is 1.50. The number of likely N-dealkylation sites (N-methyl/N-ethyl adjacent to an activating group) is 1. The Bertz CT molecular complexity index is 481. The van der Waals surface area contributed by atoms with E-state index in [1.54, 1.807) is 0 Å². The number of rotatable bonds is 6. The lowest BCUT2D eigenvalue weighted by Crippen LogP contribution is -2.57. The number of nitrogens with one attached hydrogen (secondary N) is 2. The first-order chi connectivity index (χ1) is 11.2. The summed E-state index contributed by atoms with van der Waals surface area (Å²) in [5, 5.41) is 6.89. The van der Waals surface area contributed by atoms with Crippen molar-refractivity contribution < 1.29 is 4.74 Å². The van der Waals surface area contributed by atoms with Crippen LogP contribution in [0, 0.1) is 0 Å². The molecule has 0 atom stereocenters. The molecule has 0 aromatic heterocycles. The molecule has 1 aromatic rings. The average Bonchev–Trinajstić information content (AvgIpc) is 2.59. The maximum absolute atomic E-state index is 5.52. The minimum absolute atomic E-state index is 0.148. The molecule has 2 N–H and O–H groups in total. The molecule has 0 aliphatic carbocycles. The van der Waals surface area contributed by atoms with Crippen LogP contribution in [0.2, 0.25) is 0 Å². The van der Waals surface area contributed by atoms with Crippen molar-refractivity contribution in [2.24, 2.45) is 4.99 Å². The van der Waals surface area contributed by atoms with Gasteiger partial charge in [0.05, 0.1) is 0 Å². The van der Waals surface area contributed by atoms with Crippen LogP contribution in [0.1, 0.15) is 18.4 Å². The molecule has 128 valence electrons. The maximum atomic E-state index is 5.52. The zero-order valence-corrected chi connectivity index (χ0v) is 14.6. The minimum Gasteiger partial charge on any atom is -0.381 e. The first kappa shape index (κ1) is 17.8. The zero-order chi connectivity index (χ0) is 16.5. The third-order valence-electron chi connectivity index (χ3n) is 4.73. The van der Waals surface area contributed by atoms with Gasteiger partial charge in [-0.1, -0.05) is 30.3 Å². The second-order valence-electron chi connectivity index (χ2n) is 6.32. The lowest BCUT2D eigenvalue weighted by atomic mass is 9.88. The number of aliphatic imine (C=N–C) groups is 1. The second-order valence-corrected chi connectivity index (χ2v) is 6.32. The highest BCUT2D eigenvalue weighted by atomic mass is 16.5. The van der Waals surface area contributed by atoms with Gasteiger partial charge in [0.25, 0.3) is 0 Å². The van der Waals surface area contributed by atoms with E-state index < -0.39 is 0 Å². The van der Waals surface area contributed by atoms with E-state index in [-0.39, 0.29) is 5.54 Å². The Kier molecular flexibility index (Phi) is 6.86. The van der Waals surface area contributed by atoms with Gasteiger partial charge < -0.3 is 20.3 Å². The number of nitrogens with zero attached hydrogens (tertiary/aromatic N) is 2. The van der Waals surface area contributed by atoms with Crippen molar-refractivity contribution >= 4 is 5.96 Å². The van der Waals surface area contributed by atoms with Crippen LogP contribution in [0.25, 0.3) is 0 Å². The van der Waals surface area contributed by atoms with E-state index >= 15 is 0 Å². The number of ether oxygens (including phenoxy) is 1. The first-order valence-electron chi connectivity index (χ1n) is 8.40. The summed E-state index contributed by atoms with van der Waals surface area (Å²) in [7, 11) is 6.13. The van der Waals surface area contributed by atoms with E-state index in [0.29, 0.717) is 0 Å². The van der Waals surface area contributed by atoms with Gasteiger partial charge >= 0.3 is 0 Å². The summed E-state index contributed by atoms with van der Waals surface area (Å²) in [4.78, 5) is 6.66. The zero-order valence-electron chi connectivity index (χ0n) is 14.6. The van der Waals surface area contributed by atoms with E-state index in [9.17, 15) is 0 Å². The van der Waals surface area contributed by atoms with E-state index in [0.717, 1.165) is 51.5 Å².